The van der Waals surface area contributed by atoms with Crippen LogP contribution in [0.1, 0.15) is 12.5 Å². The number of nitrogens with one attached hydrogen (secondary N) is 1. The second-order valence-electron chi connectivity index (χ2n) is 2.52. The molecule has 66 valence electrons. The van der Waals surface area contributed by atoms with Crippen LogP contribution < -0.4 is 5.32 Å². The second kappa shape index (κ2) is 3.92. The van der Waals surface area contributed by atoms with Gasteiger partial charge in [0.15, 0.2) is 0 Å². The lowest BCUT2D eigenvalue weighted by molar-refractivity contribution is -0.114. The van der Waals surface area contributed by atoms with E-state index in [9.17, 15) is 4.79 Å². The number of rotatable bonds is 1. The first-order valence-corrected chi connectivity index (χ1v) is 3.98. The van der Waals surface area contributed by atoms with Crippen molar-refractivity contribution < 1.29 is 4.79 Å². The van der Waals surface area contributed by atoms with Gasteiger partial charge >= 0.3 is 0 Å². The molecule has 0 spiro atoms. The SMILES string of the molecule is CC(=O)Nc1cc(Cl)cc(C#N)c1. The van der Waals surface area contributed by atoms with Crippen LogP contribution in [0, 0.1) is 11.3 Å². The van der Waals surface area contributed by atoms with Gasteiger partial charge in [0.2, 0.25) is 5.91 Å². The average molecular weight is 195 g/mol. The number of hydrogen-bond acceptors (Lipinski definition) is 2. The van der Waals surface area contributed by atoms with Crippen molar-refractivity contribution in [1.82, 2.24) is 0 Å². The number of amides is 1. The summed E-state index contributed by atoms with van der Waals surface area (Å²) in [5.74, 6) is -0.189. The van der Waals surface area contributed by atoms with Gasteiger partial charge in [-0.05, 0) is 18.2 Å². The molecular formula is C9H7ClN2O. The van der Waals surface area contributed by atoms with Crippen LogP contribution in [0.2, 0.25) is 5.02 Å². The molecule has 13 heavy (non-hydrogen) atoms. The van der Waals surface area contributed by atoms with Crippen LogP contribution in [0.15, 0.2) is 18.2 Å². The predicted molar refractivity (Wildman–Crippen MR) is 50.5 cm³/mol. The van der Waals surface area contributed by atoms with Crippen LogP contribution in [0.5, 0.6) is 0 Å². The van der Waals surface area contributed by atoms with Gasteiger partial charge in [-0.1, -0.05) is 11.6 Å². The molecule has 0 bridgehead atoms. The fraction of sp³-hybridized carbons (Fsp3) is 0.111. The molecule has 0 saturated carbocycles. The zero-order valence-corrected chi connectivity index (χ0v) is 7.72. The molecule has 0 saturated heterocycles. The third kappa shape index (κ3) is 2.77. The largest absolute Gasteiger partial charge is 0.326 e. The molecule has 0 aliphatic heterocycles. The molecule has 0 radical (unpaired) electrons. The van der Waals surface area contributed by atoms with Crippen molar-refractivity contribution in [2.75, 3.05) is 5.32 Å². The van der Waals surface area contributed by atoms with E-state index in [1.165, 1.54) is 13.0 Å². The number of carbonyl (C=O) groups excluding carboxylic acids is 1. The van der Waals surface area contributed by atoms with Crippen molar-refractivity contribution in [3.05, 3.63) is 28.8 Å². The number of carbonyl (C=O) groups is 1. The number of hydrogen-bond donors (Lipinski definition) is 1. The molecular weight excluding hydrogens is 188 g/mol. The van der Waals surface area contributed by atoms with Gasteiger partial charge in [0, 0.05) is 17.6 Å². The highest BCUT2D eigenvalue weighted by Crippen LogP contribution is 2.18. The number of benzene rings is 1. The summed E-state index contributed by atoms with van der Waals surface area (Å²) in [5, 5.41) is 11.6. The Balaban J connectivity index is 3.03. The molecule has 1 rings (SSSR count). The molecule has 3 nitrogen and oxygen atoms in total. The molecule has 0 atom stereocenters. The Hall–Kier alpha value is -1.53. The van der Waals surface area contributed by atoms with E-state index in [1.54, 1.807) is 12.1 Å². The summed E-state index contributed by atoms with van der Waals surface area (Å²) >= 11 is 5.71. The average Bonchev–Trinajstić information content (AvgIpc) is 2.01. The first-order valence-electron chi connectivity index (χ1n) is 3.60. The molecule has 0 fully saturated rings. The van der Waals surface area contributed by atoms with E-state index in [0.29, 0.717) is 16.3 Å². The van der Waals surface area contributed by atoms with Crippen LogP contribution in [-0.2, 0) is 4.79 Å². The van der Waals surface area contributed by atoms with Gasteiger partial charge in [-0.15, -0.1) is 0 Å². The van der Waals surface area contributed by atoms with Crippen molar-refractivity contribution in [3.63, 3.8) is 0 Å². The summed E-state index contributed by atoms with van der Waals surface area (Å²) < 4.78 is 0. The van der Waals surface area contributed by atoms with E-state index in [-0.39, 0.29) is 5.91 Å². The molecule has 1 aromatic carbocycles. The molecule has 1 aromatic rings. The summed E-state index contributed by atoms with van der Waals surface area (Å²) in [5.41, 5.74) is 0.966. The summed E-state index contributed by atoms with van der Waals surface area (Å²) in [7, 11) is 0. The Morgan fingerprint density at radius 1 is 1.54 bits per heavy atom. The van der Waals surface area contributed by atoms with Crippen molar-refractivity contribution in [3.8, 4) is 6.07 Å². The lowest BCUT2D eigenvalue weighted by atomic mass is 10.2. The highest BCUT2D eigenvalue weighted by atomic mass is 35.5. The monoisotopic (exact) mass is 194 g/mol. The maximum atomic E-state index is 10.7. The Morgan fingerprint density at radius 2 is 2.23 bits per heavy atom. The Labute approximate surface area is 80.9 Å². The van der Waals surface area contributed by atoms with Crippen molar-refractivity contribution in [2.45, 2.75) is 6.92 Å². The zero-order chi connectivity index (χ0) is 9.84. The molecule has 1 N–H and O–H groups in total. The Morgan fingerprint density at radius 3 is 2.77 bits per heavy atom. The van der Waals surface area contributed by atoms with Gasteiger partial charge < -0.3 is 5.32 Å². The second-order valence-corrected chi connectivity index (χ2v) is 2.96. The van der Waals surface area contributed by atoms with E-state index in [0.717, 1.165) is 0 Å². The smallest absolute Gasteiger partial charge is 0.221 e. The maximum Gasteiger partial charge on any atom is 0.221 e. The molecule has 4 heteroatoms. The lowest BCUT2D eigenvalue weighted by Gasteiger charge is -2.02. The van der Waals surface area contributed by atoms with Gasteiger partial charge in [0.25, 0.3) is 0 Å². The predicted octanol–water partition coefficient (Wildman–Crippen LogP) is 2.17. The number of halogens is 1. The van der Waals surface area contributed by atoms with Crippen molar-refractivity contribution in [2.24, 2.45) is 0 Å². The van der Waals surface area contributed by atoms with Gasteiger partial charge in [0.05, 0.1) is 11.6 Å². The topological polar surface area (TPSA) is 52.9 Å². The van der Waals surface area contributed by atoms with Gasteiger partial charge in [-0.2, -0.15) is 5.26 Å². The summed E-state index contributed by atoms with van der Waals surface area (Å²) in [4.78, 5) is 10.7. The van der Waals surface area contributed by atoms with E-state index in [1.807, 2.05) is 6.07 Å². The summed E-state index contributed by atoms with van der Waals surface area (Å²) in [6.45, 7) is 1.40. The number of nitriles is 1. The van der Waals surface area contributed by atoms with Gasteiger partial charge in [-0.3, -0.25) is 4.79 Å². The van der Waals surface area contributed by atoms with E-state index < -0.39 is 0 Å². The fourth-order valence-electron chi connectivity index (χ4n) is 0.930. The Kier molecular flexibility index (Phi) is 2.88. The minimum Gasteiger partial charge on any atom is -0.326 e. The maximum absolute atomic E-state index is 10.7. The van der Waals surface area contributed by atoms with E-state index >= 15 is 0 Å². The number of anilines is 1. The first kappa shape index (κ1) is 9.56. The number of nitrogens with zero attached hydrogens (tertiary/aromatic N) is 1. The third-order valence-corrected chi connectivity index (χ3v) is 1.57. The standard InChI is InChI=1S/C9H7ClN2O/c1-6(13)12-9-3-7(5-11)2-8(10)4-9/h2-4H,1H3,(H,12,13). The molecule has 1 amide bonds. The fourth-order valence-corrected chi connectivity index (χ4v) is 1.16. The zero-order valence-electron chi connectivity index (χ0n) is 6.97. The summed E-state index contributed by atoms with van der Waals surface area (Å²) in [6, 6.07) is 6.63. The normalized spacial score (nSPS) is 9.00. The van der Waals surface area contributed by atoms with Crippen LogP contribution in [-0.4, -0.2) is 5.91 Å². The van der Waals surface area contributed by atoms with Crippen LogP contribution in [0.25, 0.3) is 0 Å². The highest BCUT2D eigenvalue weighted by molar-refractivity contribution is 6.31. The van der Waals surface area contributed by atoms with Crippen LogP contribution in [0.3, 0.4) is 0 Å². The minimum atomic E-state index is -0.189. The van der Waals surface area contributed by atoms with Crippen molar-refractivity contribution >= 4 is 23.2 Å². The van der Waals surface area contributed by atoms with Gasteiger partial charge in [-0.25, -0.2) is 0 Å². The molecule has 0 aromatic heterocycles. The molecule has 0 heterocycles. The van der Waals surface area contributed by atoms with Crippen LogP contribution >= 0.6 is 11.6 Å². The quantitative estimate of drug-likeness (QED) is 0.745. The molecule has 0 aliphatic carbocycles. The lowest BCUT2D eigenvalue weighted by Crippen LogP contribution is -2.05. The molecule has 0 aliphatic rings. The van der Waals surface area contributed by atoms with Gasteiger partial charge in [0.1, 0.15) is 0 Å². The molecule has 0 unspecified atom stereocenters. The van der Waals surface area contributed by atoms with E-state index in [4.69, 9.17) is 16.9 Å². The van der Waals surface area contributed by atoms with Crippen molar-refractivity contribution in [1.29, 1.82) is 5.26 Å². The summed E-state index contributed by atoms with van der Waals surface area (Å²) in [6.07, 6.45) is 0. The first-order chi connectivity index (χ1) is 6.11. The van der Waals surface area contributed by atoms with Crippen LogP contribution in [0.4, 0.5) is 5.69 Å². The highest BCUT2D eigenvalue weighted by Gasteiger charge is 1.99. The minimum absolute atomic E-state index is 0.189. The third-order valence-electron chi connectivity index (χ3n) is 1.35. The van der Waals surface area contributed by atoms with E-state index in [2.05, 4.69) is 5.32 Å². The Bertz CT molecular complexity index is 382.